The summed E-state index contributed by atoms with van der Waals surface area (Å²) in [6.45, 7) is 6.16. The van der Waals surface area contributed by atoms with E-state index in [1.165, 1.54) is 12.8 Å². The number of amides is 1. The fourth-order valence-electron chi connectivity index (χ4n) is 1.20. The van der Waals surface area contributed by atoms with Gasteiger partial charge >= 0.3 is 0 Å². The average Bonchev–Trinajstić information content (AvgIpc) is 2.84. The van der Waals surface area contributed by atoms with Gasteiger partial charge in [0.05, 0.1) is 0 Å². The number of nitrogens with one attached hydrogen (secondary N) is 1. The van der Waals surface area contributed by atoms with Crippen LogP contribution in [-0.2, 0) is 4.79 Å². The van der Waals surface area contributed by atoms with E-state index in [0.717, 1.165) is 5.75 Å². The lowest BCUT2D eigenvalue weighted by molar-refractivity contribution is -0.123. The van der Waals surface area contributed by atoms with E-state index in [1.54, 1.807) is 11.8 Å². The zero-order valence-electron chi connectivity index (χ0n) is 9.17. The molecule has 14 heavy (non-hydrogen) atoms. The van der Waals surface area contributed by atoms with Crippen molar-refractivity contribution in [2.45, 2.75) is 50.4 Å². The van der Waals surface area contributed by atoms with Gasteiger partial charge in [-0.3, -0.25) is 4.79 Å². The van der Waals surface area contributed by atoms with E-state index in [2.05, 4.69) is 19.2 Å². The Kier molecular flexibility index (Phi) is 3.84. The van der Waals surface area contributed by atoms with Crippen LogP contribution >= 0.6 is 11.8 Å². The largest absolute Gasteiger partial charge is 0.368 e. The second kappa shape index (κ2) is 4.53. The number of carbonyl (C=O) groups excluding carboxylic acids is 1. The summed E-state index contributed by atoms with van der Waals surface area (Å²) in [7, 11) is 0. The summed E-state index contributed by atoms with van der Waals surface area (Å²) < 4.78 is 0. The van der Waals surface area contributed by atoms with Crippen molar-refractivity contribution in [1.82, 2.24) is 5.32 Å². The Morgan fingerprint density at radius 1 is 1.64 bits per heavy atom. The van der Waals surface area contributed by atoms with E-state index in [-0.39, 0.29) is 5.91 Å². The Morgan fingerprint density at radius 2 is 2.21 bits per heavy atom. The fraction of sp³-hybridized carbons (Fsp3) is 0.900. The van der Waals surface area contributed by atoms with E-state index >= 15 is 0 Å². The van der Waals surface area contributed by atoms with Crippen LogP contribution in [0.4, 0.5) is 0 Å². The highest BCUT2D eigenvalue weighted by atomic mass is 32.2. The Bertz CT molecular complexity index is 216. The van der Waals surface area contributed by atoms with Crippen LogP contribution in [0, 0.1) is 0 Å². The maximum atomic E-state index is 11.3. The summed E-state index contributed by atoms with van der Waals surface area (Å²) in [5.74, 6) is 0.522. The number of hydrogen-bond acceptors (Lipinski definition) is 3. The number of nitrogens with two attached hydrogens (primary N) is 1. The Morgan fingerprint density at radius 3 is 2.57 bits per heavy atom. The number of rotatable bonds is 6. The van der Waals surface area contributed by atoms with Crippen molar-refractivity contribution >= 4 is 17.7 Å². The van der Waals surface area contributed by atoms with Crippen molar-refractivity contribution in [2.24, 2.45) is 5.73 Å². The maximum absolute atomic E-state index is 11.3. The van der Waals surface area contributed by atoms with Crippen LogP contribution < -0.4 is 11.1 Å². The molecule has 1 atom stereocenters. The summed E-state index contributed by atoms with van der Waals surface area (Å²) in [5.41, 5.74) is 4.89. The molecule has 0 aliphatic heterocycles. The lowest BCUT2D eigenvalue weighted by atomic mass is 10.1. The van der Waals surface area contributed by atoms with Crippen molar-refractivity contribution < 1.29 is 4.79 Å². The molecule has 0 aromatic rings. The molecular formula is C10H20N2OS. The van der Waals surface area contributed by atoms with Crippen molar-refractivity contribution in [2.75, 3.05) is 5.75 Å². The Balaban J connectivity index is 2.46. The minimum absolute atomic E-state index is 0.238. The fourth-order valence-corrected chi connectivity index (χ4v) is 2.09. The standard InChI is InChI=1S/C10H20N2OS/c1-7(2)14-6-10(3,9(11)13)12-8-4-5-8/h7-8,12H,4-6H2,1-3H3,(H2,11,13). The van der Waals surface area contributed by atoms with Gasteiger partial charge in [0, 0.05) is 11.8 Å². The number of carbonyl (C=O) groups is 1. The zero-order chi connectivity index (χ0) is 10.8. The molecule has 0 spiro atoms. The molecule has 0 radical (unpaired) electrons. The predicted octanol–water partition coefficient (Wildman–Crippen LogP) is 1.12. The molecular weight excluding hydrogens is 196 g/mol. The summed E-state index contributed by atoms with van der Waals surface area (Å²) in [4.78, 5) is 11.3. The molecule has 1 saturated carbocycles. The summed E-state index contributed by atoms with van der Waals surface area (Å²) in [6.07, 6.45) is 2.35. The molecule has 1 fully saturated rings. The van der Waals surface area contributed by atoms with Crippen molar-refractivity contribution in [3.63, 3.8) is 0 Å². The first-order chi connectivity index (χ1) is 6.44. The number of thioether (sulfide) groups is 1. The van der Waals surface area contributed by atoms with E-state index in [0.29, 0.717) is 11.3 Å². The molecule has 1 unspecified atom stereocenters. The average molecular weight is 216 g/mol. The summed E-state index contributed by atoms with van der Waals surface area (Å²) in [6, 6.07) is 0.514. The first-order valence-corrected chi connectivity index (χ1v) is 6.18. The molecule has 0 aromatic heterocycles. The van der Waals surface area contributed by atoms with Crippen molar-refractivity contribution in [1.29, 1.82) is 0 Å². The van der Waals surface area contributed by atoms with Crippen molar-refractivity contribution in [3.8, 4) is 0 Å². The van der Waals surface area contributed by atoms with Gasteiger partial charge in [0.15, 0.2) is 0 Å². The minimum atomic E-state index is -0.532. The number of primary amides is 1. The summed E-state index contributed by atoms with van der Waals surface area (Å²) in [5, 5.41) is 3.86. The second-order valence-electron chi connectivity index (χ2n) is 4.47. The molecule has 0 heterocycles. The van der Waals surface area contributed by atoms with E-state index in [9.17, 15) is 4.79 Å². The highest BCUT2D eigenvalue weighted by molar-refractivity contribution is 7.99. The van der Waals surface area contributed by atoms with Gasteiger partial charge in [-0.05, 0) is 25.0 Å². The maximum Gasteiger partial charge on any atom is 0.238 e. The lowest BCUT2D eigenvalue weighted by Crippen LogP contribution is -2.56. The Labute approximate surface area is 90.2 Å². The zero-order valence-corrected chi connectivity index (χ0v) is 9.99. The van der Waals surface area contributed by atoms with Crippen molar-refractivity contribution in [3.05, 3.63) is 0 Å². The molecule has 1 rings (SSSR count). The molecule has 1 aliphatic carbocycles. The van der Waals surface area contributed by atoms with Gasteiger partial charge in [0.1, 0.15) is 5.54 Å². The lowest BCUT2D eigenvalue weighted by Gasteiger charge is -2.28. The molecule has 82 valence electrons. The highest BCUT2D eigenvalue weighted by Gasteiger charge is 2.36. The third-order valence-corrected chi connectivity index (χ3v) is 3.76. The SMILES string of the molecule is CC(C)SCC(C)(NC1CC1)C(N)=O. The van der Waals surface area contributed by atoms with E-state index in [4.69, 9.17) is 5.73 Å². The van der Waals surface area contributed by atoms with Gasteiger partial charge in [-0.1, -0.05) is 13.8 Å². The van der Waals surface area contributed by atoms with Gasteiger partial charge in [0.25, 0.3) is 0 Å². The van der Waals surface area contributed by atoms with Crippen LogP contribution in [-0.4, -0.2) is 28.5 Å². The third kappa shape index (κ3) is 3.50. The topological polar surface area (TPSA) is 55.1 Å². The molecule has 3 nitrogen and oxygen atoms in total. The Hall–Kier alpha value is -0.220. The smallest absolute Gasteiger partial charge is 0.238 e. The van der Waals surface area contributed by atoms with E-state index in [1.807, 2.05) is 6.92 Å². The molecule has 0 bridgehead atoms. The van der Waals surface area contributed by atoms with Crippen LogP contribution in [0.5, 0.6) is 0 Å². The molecule has 1 amide bonds. The molecule has 0 aromatic carbocycles. The van der Waals surface area contributed by atoms with Crippen LogP contribution in [0.2, 0.25) is 0 Å². The van der Waals surface area contributed by atoms with Crippen LogP contribution in [0.25, 0.3) is 0 Å². The minimum Gasteiger partial charge on any atom is -0.368 e. The normalized spacial score (nSPS) is 20.9. The predicted molar refractivity (Wildman–Crippen MR) is 61.4 cm³/mol. The molecule has 4 heteroatoms. The monoisotopic (exact) mass is 216 g/mol. The first-order valence-electron chi connectivity index (χ1n) is 5.13. The third-order valence-electron chi connectivity index (χ3n) is 2.35. The van der Waals surface area contributed by atoms with Crippen LogP contribution in [0.15, 0.2) is 0 Å². The van der Waals surface area contributed by atoms with Gasteiger partial charge in [-0.15, -0.1) is 0 Å². The second-order valence-corrected chi connectivity index (χ2v) is 6.04. The van der Waals surface area contributed by atoms with Gasteiger partial charge in [0.2, 0.25) is 5.91 Å². The quantitative estimate of drug-likeness (QED) is 0.699. The molecule has 3 N–H and O–H groups in total. The highest BCUT2D eigenvalue weighted by Crippen LogP contribution is 2.25. The van der Waals surface area contributed by atoms with Gasteiger partial charge in [-0.2, -0.15) is 11.8 Å². The molecule has 1 aliphatic rings. The van der Waals surface area contributed by atoms with Crippen LogP contribution in [0.3, 0.4) is 0 Å². The first kappa shape index (κ1) is 11.9. The van der Waals surface area contributed by atoms with Gasteiger partial charge in [-0.25, -0.2) is 0 Å². The number of hydrogen-bond donors (Lipinski definition) is 2. The summed E-state index contributed by atoms with van der Waals surface area (Å²) >= 11 is 1.77. The van der Waals surface area contributed by atoms with E-state index < -0.39 is 5.54 Å². The molecule has 0 saturated heterocycles. The van der Waals surface area contributed by atoms with Crippen LogP contribution in [0.1, 0.15) is 33.6 Å². The van der Waals surface area contributed by atoms with Gasteiger partial charge < -0.3 is 11.1 Å².